The van der Waals surface area contributed by atoms with Gasteiger partial charge in [0.25, 0.3) is 5.91 Å². The molecule has 0 aliphatic carbocycles. The standard InChI is InChI=1S/C21H24ClNO3/c1-13-5-10-17-18(12-21(3,4)26-19(17)11-13)23-20(24)14(2)25-16-8-6-15(22)7-9-16/h5-11,14,18H,12H2,1-4H3,(H,23,24)/t14-,18+/m1/s1. The van der Waals surface area contributed by atoms with Crippen molar-refractivity contribution in [3.05, 3.63) is 58.6 Å². The molecule has 4 nitrogen and oxygen atoms in total. The van der Waals surface area contributed by atoms with Crippen molar-refractivity contribution >= 4 is 17.5 Å². The molecule has 0 saturated heterocycles. The maximum absolute atomic E-state index is 12.7. The number of hydrogen-bond acceptors (Lipinski definition) is 3. The average Bonchev–Trinajstić information content (AvgIpc) is 2.55. The minimum Gasteiger partial charge on any atom is -0.487 e. The van der Waals surface area contributed by atoms with Gasteiger partial charge in [0.05, 0.1) is 6.04 Å². The Kier molecular flexibility index (Phi) is 5.15. The first-order valence-corrected chi connectivity index (χ1v) is 9.13. The third-order valence-electron chi connectivity index (χ3n) is 4.44. The highest BCUT2D eigenvalue weighted by molar-refractivity contribution is 6.30. The van der Waals surface area contributed by atoms with Crippen molar-refractivity contribution in [2.24, 2.45) is 0 Å². The van der Waals surface area contributed by atoms with E-state index >= 15 is 0 Å². The Bertz CT molecular complexity index is 801. The summed E-state index contributed by atoms with van der Waals surface area (Å²) in [6.45, 7) is 7.83. The number of ether oxygens (including phenoxy) is 2. The van der Waals surface area contributed by atoms with Crippen LogP contribution in [0.25, 0.3) is 0 Å². The van der Waals surface area contributed by atoms with Crippen LogP contribution in [0.1, 0.15) is 44.4 Å². The fourth-order valence-electron chi connectivity index (χ4n) is 3.15. The molecular weight excluding hydrogens is 350 g/mol. The van der Waals surface area contributed by atoms with Crippen LogP contribution in [0.2, 0.25) is 5.02 Å². The number of fused-ring (bicyclic) bond motifs is 1. The summed E-state index contributed by atoms with van der Waals surface area (Å²) < 4.78 is 11.8. The van der Waals surface area contributed by atoms with Gasteiger partial charge in [-0.2, -0.15) is 0 Å². The molecular formula is C21H24ClNO3. The summed E-state index contributed by atoms with van der Waals surface area (Å²) in [4.78, 5) is 12.7. The molecule has 2 atom stereocenters. The molecule has 0 aromatic heterocycles. The van der Waals surface area contributed by atoms with Crippen molar-refractivity contribution < 1.29 is 14.3 Å². The van der Waals surface area contributed by atoms with Gasteiger partial charge in [0.15, 0.2) is 6.10 Å². The van der Waals surface area contributed by atoms with Gasteiger partial charge in [-0.3, -0.25) is 4.79 Å². The highest BCUT2D eigenvalue weighted by Gasteiger charge is 2.35. The van der Waals surface area contributed by atoms with Crippen molar-refractivity contribution in [1.29, 1.82) is 0 Å². The molecule has 2 aromatic carbocycles. The summed E-state index contributed by atoms with van der Waals surface area (Å²) in [5.74, 6) is 1.28. The van der Waals surface area contributed by atoms with E-state index in [9.17, 15) is 4.79 Å². The summed E-state index contributed by atoms with van der Waals surface area (Å²) in [6, 6.07) is 12.9. The normalized spacial score (nSPS) is 19.0. The summed E-state index contributed by atoms with van der Waals surface area (Å²) in [5, 5.41) is 3.74. The first-order valence-electron chi connectivity index (χ1n) is 8.76. The van der Waals surface area contributed by atoms with Crippen molar-refractivity contribution in [3.63, 3.8) is 0 Å². The number of halogens is 1. The fraction of sp³-hybridized carbons (Fsp3) is 0.381. The zero-order valence-corrected chi connectivity index (χ0v) is 16.3. The van der Waals surface area contributed by atoms with Crippen LogP contribution in [0.4, 0.5) is 0 Å². The van der Waals surface area contributed by atoms with E-state index in [1.807, 2.05) is 39.0 Å². The number of carbonyl (C=O) groups is 1. The van der Waals surface area contributed by atoms with E-state index in [0.29, 0.717) is 17.2 Å². The third-order valence-corrected chi connectivity index (χ3v) is 4.69. The van der Waals surface area contributed by atoms with Crippen molar-refractivity contribution in [3.8, 4) is 11.5 Å². The lowest BCUT2D eigenvalue weighted by Crippen LogP contribution is -2.44. The molecule has 5 heteroatoms. The van der Waals surface area contributed by atoms with Gasteiger partial charge >= 0.3 is 0 Å². The zero-order valence-electron chi connectivity index (χ0n) is 15.5. The second-order valence-corrected chi connectivity index (χ2v) is 7.82. The van der Waals surface area contributed by atoms with Crippen molar-refractivity contribution in [2.45, 2.75) is 51.9 Å². The SMILES string of the molecule is Cc1ccc2c(c1)OC(C)(C)C[C@@H]2NC(=O)[C@@H](C)Oc1ccc(Cl)cc1. The minimum atomic E-state index is -0.615. The monoisotopic (exact) mass is 373 g/mol. The van der Waals surface area contributed by atoms with Crippen LogP contribution in [0, 0.1) is 6.92 Å². The van der Waals surface area contributed by atoms with Crippen LogP contribution in [0.15, 0.2) is 42.5 Å². The van der Waals surface area contributed by atoms with Gasteiger partial charge in [-0.25, -0.2) is 0 Å². The fourth-order valence-corrected chi connectivity index (χ4v) is 3.27. The molecule has 0 unspecified atom stereocenters. The molecule has 3 rings (SSSR count). The van der Waals surface area contributed by atoms with Gasteiger partial charge in [-0.15, -0.1) is 0 Å². The lowest BCUT2D eigenvalue weighted by molar-refractivity contribution is -0.128. The molecule has 1 N–H and O–H groups in total. The number of hydrogen-bond donors (Lipinski definition) is 1. The molecule has 1 amide bonds. The van der Waals surface area contributed by atoms with Gasteiger partial charge in [0.2, 0.25) is 0 Å². The molecule has 0 saturated carbocycles. The van der Waals surface area contributed by atoms with E-state index in [2.05, 4.69) is 5.32 Å². The van der Waals surface area contributed by atoms with Crippen LogP contribution < -0.4 is 14.8 Å². The molecule has 0 fully saturated rings. The molecule has 0 spiro atoms. The summed E-state index contributed by atoms with van der Waals surface area (Å²) in [5.41, 5.74) is 1.78. The van der Waals surface area contributed by atoms with Crippen LogP contribution in [-0.4, -0.2) is 17.6 Å². The number of rotatable bonds is 4. The number of carbonyl (C=O) groups excluding carboxylic acids is 1. The van der Waals surface area contributed by atoms with Crippen molar-refractivity contribution in [1.82, 2.24) is 5.32 Å². The van der Waals surface area contributed by atoms with Crippen LogP contribution in [0.5, 0.6) is 11.5 Å². The molecule has 0 bridgehead atoms. The third kappa shape index (κ3) is 4.31. The largest absolute Gasteiger partial charge is 0.487 e. The predicted molar refractivity (Wildman–Crippen MR) is 103 cm³/mol. The average molecular weight is 374 g/mol. The molecule has 2 aromatic rings. The van der Waals surface area contributed by atoms with Gasteiger partial charge in [0.1, 0.15) is 17.1 Å². The number of amides is 1. The molecule has 1 aliphatic heterocycles. The van der Waals surface area contributed by atoms with E-state index in [-0.39, 0.29) is 17.6 Å². The summed E-state index contributed by atoms with van der Waals surface area (Å²) in [6.07, 6.45) is 0.0821. The molecule has 0 radical (unpaired) electrons. The molecule has 1 heterocycles. The Hall–Kier alpha value is -2.20. The quantitative estimate of drug-likeness (QED) is 0.834. The number of benzene rings is 2. The van der Waals surface area contributed by atoms with Crippen LogP contribution >= 0.6 is 11.6 Å². The Morgan fingerprint density at radius 2 is 1.96 bits per heavy atom. The van der Waals surface area contributed by atoms with E-state index in [1.165, 1.54) is 0 Å². The van der Waals surface area contributed by atoms with E-state index < -0.39 is 6.10 Å². The lowest BCUT2D eigenvalue weighted by Gasteiger charge is -2.38. The lowest BCUT2D eigenvalue weighted by atomic mass is 9.89. The highest BCUT2D eigenvalue weighted by atomic mass is 35.5. The van der Waals surface area contributed by atoms with Gasteiger partial charge in [-0.1, -0.05) is 23.7 Å². The minimum absolute atomic E-state index is 0.113. The predicted octanol–water partition coefficient (Wildman–Crippen LogP) is 4.83. The highest BCUT2D eigenvalue weighted by Crippen LogP contribution is 2.39. The second-order valence-electron chi connectivity index (χ2n) is 7.38. The first kappa shape index (κ1) is 18.6. The Morgan fingerprint density at radius 1 is 1.27 bits per heavy atom. The number of aryl methyl sites for hydroxylation is 1. The zero-order chi connectivity index (χ0) is 18.9. The van der Waals surface area contributed by atoms with Crippen LogP contribution in [-0.2, 0) is 4.79 Å². The maximum atomic E-state index is 12.7. The smallest absolute Gasteiger partial charge is 0.261 e. The molecule has 26 heavy (non-hydrogen) atoms. The van der Waals surface area contributed by atoms with Crippen molar-refractivity contribution in [2.75, 3.05) is 0 Å². The Morgan fingerprint density at radius 3 is 2.65 bits per heavy atom. The number of nitrogens with one attached hydrogen (secondary N) is 1. The van der Waals surface area contributed by atoms with E-state index in [0.717, 1.165) is 16.9 Å². The maximum Gasteiger partial charge on any atom is 0.261 e. The van der Waals surface area contributed by atoms with Gasteiger partial charge in [-0.05, 0) is 63.6 Å². The van der Waals surface area contributed by atoms with E-state index in [1.54, 1.807) is 31.2 Å². The van der Waals surface area contributed by atoms with Gasteiger partial charge in [0, 0.05) is 17.0 Å². The summed E-state index contributed by atoms with van der Waals surface area (Å²) in [7, 11) is 0. The topological polar surface area (TPSA) is 47.6 Å². The Balaban J connectivity index is 1.73. The molecule has 1 aliphatic rings. The van der Waals surface area contributed by atoms with Crippen LogP contribution in [0.3, 0.4) is 0 Å². The Labute approximate surface area is 159 Å². The summed E-state index contributed by atoms with van der Waals surface area (Å²) >= 11 is 5.88. The second kappa shape index (κ2) is 7.20. The molecule has 138 valence electrons. The van der Waals surface area contributed by atoms with Gasteiger partial charge < -0.3 is 14.8 Å². The first-order chi connectivity index (χ1) is 12.2. The van der Waals surface area contributed by atoms with E-state index in [4.69, 9.17) is 21.1 Å².